The molecule has 0 unspecified atom stereocenters. The third-order valence-corrected chi connectivity index (χ3v) is 3.78. The Morgan fingerprint density at radius 1 is 1.17 bits per heavy atom. The topological polar surface area (TPSA) is 24.9 Å². The molecule has 2 nitrogen and oxygen atoms in total. The SMILES string of the molecule is Brc1cccc(CNc2ccc3c(n2)CCC3)c1. The van der Waals surface area contributed by atoms with Crippen molar-refractivity contribution in [1.29, 1.82) is 0 Å². The molecule has 0 fully saturated rings. The molecule has 0 atom stereocenters. The number of aromatic nitrogens is 1. The first kappa shape index (κ1) is 11.7. The van der Waals surface area contributed by atoms with Gasteiger partial charge in [0, 0.05) is 16.7 Å². The second-order valence-corrected chi connectivity index (χ2v) is 5.56. The van der Waals surface area contributed by atoms with Crippen molar-refractivity contribution in [2.45, 2.75) is 25.8 Å². The molecule has 1 N–H and O–H groups in total. The van der Waals surface area contributed by atoms with Gasteiger partial charge in [-0.2, -0.15) is 0 Å². The van der Waals surface area contributed by atoms with E-state index in [1.165, 1.54) is 29.7 Å². The molecule has 3 heteroatoms. The van der Waals surface area contributed by atoms with Crippen molar-refractivity contribution in [3.8, 4) is 0 Å². The van der Waals surface area contributed by atoms with E-state index in [1.54, 1.807) is 0 Å². The number of rotatable bonds is 3. The van der Waals surface area contributed by atoms with Crippen LogP contribution in [0.5, 0.6) is 0 Å². The number of hydrogen-bond acceptors (Lipinski definition) is 2. The van der Waals surface area contributed by atoms with Gasteiger partial charge in [0.25, 0.3) is 0 Å². The van der Waals surface area contributed by atoms with Crippen LogP contribution in [0.4, 0.5) is 5.82 Å². The zero-order chi connectivity index (χ0) is 12.4. The first-order valence-electron chi connectivity index (χ1n) is 6.28. The number of anilines is 1. The molecule has 0 amide bonds. The maximum atomic E-state index is 4.67. The first-order chi connectivity index (χ1) is 8.81. The summed E-state index contributed by atoms with van der Waals surface area (Å²) in [6.07, 6.45) is 3.56. The molecule has 1 heterocycles. The van der Waals surface area contributed by atoms with Crippen LogP contribution in [0.2, 0.25) is 0 Å². The molecule has 0 radical (unpaired) electrons. The van der Waals surface area contributed by atoms with E-state index in [0.29, 0.717) is 0 Å². The number of nitrogens with one attached hydrogen (secondary N) is 1. The Balaban J connectivity index is 1.70. The Morgan fingerprint density at radius 3 is 3.00 bits per heavy atom. The van der Waals surface area contributed by atoms with E-state index in [-0.39, 0.29) is 0 Å². The molecule has 1 aliphatic carbocycles. The molecule has 0 saturated heterocycles. The van der Waals surface area contributed by atoms with Gasteiger partial charge in [-0.3, -0.25) is 0 Å². The summed E-state index contributed by atoms with van der Waals surface area (Å²) in [6, 6.07) is 12.6. The van der Waals surface area contributed by atoms with Gasteiger partial charge in [0.2, 0.25) is 0 Å². The number of aryl methyl sites for hydroxylation is 2. The van der Waals surface area contributed by atoms with E-state index >= 15 is 0 Å². The van der Waals surface area contributed by atoms with Crippen LogP contribution >= 0.6 is 15.9 Å². The minimum absolute atomic E-state index is 0.811. The van der Waals surface area contributed by atoms with Crippen LogP contribution in [-0.2, 0) is 19.4 Å². The normalized spacial score (nSPS) is 13.4. The molecule has 0 aliphatic heterocycles. The number of fused-ring (bicyclic) bond motifs is 1. The van der Waals surface area contributed by atoms with Crippen molar-refractivity contribution in [3.05, 3.63) is 57.7 Å². The lowest BCUT2D eigenvalue weighted by Gasteiger charge is -2.08. The molecule has 0 bridgehead atoms. The third kappa shape index (κ3) is 2.56. The summed E-state index contributed by atoms with van der Waals surface area (Å²) in [5, 5.41) is 3.39. The predicted octanol–water partition coefficient (Wildman–Crippen LogP) is 3.94. The second-order valence-electron chi connectivity index (χ2n) is 4.64. The minimum atomic E-state index is 0.811. The molecular formula is C15H15BrN2. The van der Waals surface area contributed by atoms with Crippen LogP contribution in [0.1, 0.15) is 23.2 Å². The van der Waals surface area contributed by atoms with Gasteiger partial charge in [0.15, 0.2) is 0 Å². The highest BCUT2D eigenvalue weighted by atomic mass is 79.9. The van der Waals surface area contributed by atoms with Gasteiger partial charge in [0.1, 0.15) is 5.82 Å². The average Bonchev–Trinajstić information content (AvgIpc) is 2.84. The molecule has 0 spiro atoms. The van der Waals surface area contributed by atoms with E-state index < -0.39 is 0 Å². The average molecular weight is 303 g/mol. The van der Waals surface area contributed by atoms with Gasteiger partial charge in [-0.25, -0.2) is 4.98 Å². The van der Waals surface area contributed by atoms with Crippen molar-refractivity contribution in [2.24, 2.45) is 0 Å². The van der Waals surface area contributed by atoms with Crippen LogP contribution in [0.15, 0.2) is 40.9 Å². The summed E-state index contributed by atoms with van der Waals surface area (Å²) in [4.78, 5) is 4.67. The van der Waals surface area contributed by atoms with Crippen LogP contribution in [0.3, 0.4) is 0 Å². The van der Waals surface area contributed by atoms with Gasteiger partial charge in [-0.15, -0.1) is 0 Å². The smallest absolute Gasteiger partial charge is 0.126 e. The minimum Gasteiger partial charge on any atom is -0.366 e. The largest absolute Gasteiger partial charge is 0.366 e. The summed E-state index contributed by atoms with van der Waals surface area (Å²) in [7, 11) is 0. The van der Waals surface area contributed by atoms with Crippen LogP contribution in [0.25, 0.3) is 0 Å². The highest BCUT2D eigenvalue weighted by Gasteiger charge is 2.12. The van der Waals surface area contributed by atoms with Crippen molar-refractivity contribution in [1.82, 2.24) is 4.98 Å². The molecule has 1 aromatic carbocycles. The monoisotopic (exact) mass is 302 g/mol. The van der Waals surface area contributed by atoms with Gasteiger partial charge in [-0.1, -0.05) is 34.1 Å². The summed E-state index contributed by atoms with van der Waals surface area (Å²) in [5.41, 5.74) is 3.95. The van der Waals surface area contributed by atoms with Crippen molar-refractivity contribution in [2.75, 3.05) is 5.32 Å². The molecule has 0 saturated carbocycles. The van der Waals surface area contributed by atoms with Crippen LogP contribution in [-0.4, -0.2) is 4.98 Å². The van der Waals surface area contributed by atoms with Gasteiger partial charge in [0.05, 0.1) is 0 Å². The predicted molar refractivity (Wildman–Crippen MR) is 77.7 cm³/mol. The summed E-state index contributed by atoms with van der Waals surface area (Å²) < 4.78 is 1.11. The lowest BCUT2D eigenvalue weighted by Crippen LogP contribution is -2.02. The summed E-state index contributed by atoms with van der Waals surface area (Å²) >= 11 is 3.49. The Hall–Kier alpha value is -1.35. The van der Waals surface area contributed by atoms with E-state index in [4.69, 9.17) is 0 Å². The van der Waals surface area contributed by atoms with Gasteiger partial charge in [-0.05, 0) is 48.6 Å². The first-order valence-corrected chi connectivity index (χ1v) is 7.08. The summed E-state index contributed by atoms with van der Waals surface area (Å²) in [6.45, 7) is 0.811. The number of benzene rings is 1. The van der Waals surface area contributed by atoms with Crippen LogP contribution in [0, 0.1) is 0 Å². The highest BCUT2D eigenvalue weighted by Crippen LogP contribution is 2.22. The summed E-state index contributed by atoms with van der Waals surface area (Å²) in [5.74, 6) is 0.982. The quantitative estimate of drug-likeness (QED) is 0.929. The highest BCUT2D eigenvalue weighted by molar-refractivity contribution is 9.10. The van der Waals surface area contributed by atoms with Gasteiger partial charge >= 0.3 is 0 Å². The standard InChI is InChI=1S/C15H15BrN2/c16-13-5-1-3-11(9-13)10-17-15-8-7-12-4-2-6-14(12)18-15/h1,3,5,7-9H,2,4,6,10H2,(H,17,18). The van der Waals surface area contributed by atoms with Crippen molar-refractivity contribution < 1.29 is 0 Å². The second kappa shape index (κ2) is 5.11. The molecule has 92 valence electrons. The number of nitrogens with zero attached hydrogens (tertiary/aromatic N) is 1. The molecule has 18 heavy (non-hydrogen) atoms. The number of halogens is 1. The maximum Gasteiger partial charge on any atom is 0.126 e. The molecular weight excluding hydrogens is 288 g/mol. The van der Waals surface area contributed by atoms with E-state index in [9.17, 15) is 0 Å². The molecule has 1 aromatic heterocycles. The van der Waals surface area contributed by atoms with E-state index in [0.717, 1.165) is 23.3 Å². The lowest BCUT2D eigenvalue weighted by atomic mass is 10.2. The Bertz CT molecular complexity index is 566. The fourth-order valence-electron chi connectivity index (χ4n) is 2.36. The molecule has 2 aromatic rings. The Morgan fingerprint density at radius 2 is 2.11 bits per heavy atom. The zero-order valence-corrected chi connectivity index (χ0v) is 11.7. The Labute approximate surface area is 116 Å². The number of pyridine rings is 1. The molecule has 1 aliphatic rings. The molecule has 3 rings (SSSR count). The van der Waals surface area contributed by atoms with Crippen molar-refractivity contribution >= 4 is 21.7 Å². The van der Waals surface area contributed by atoms with Crippen molar-refractivity contribution in [3.63, 3.8) is 0 Å². The van der Waals surface area contributed by atoms with E-state index in [1.807, 2.05) is 6.07 Å². The fourth-order valence-corrected chi connectivity index (χ4v) is 2.81. The maximum absolute atomic E-state index is 4.67. The zero-order valence-electron chi connectivity index (χ0n) is 10.1. The van der Waals surface area contributed by atoms with E-state index in [2.05, 4.69) is 56.6 Å². The Kier molecular flexibility index (Phi) is 3.33. The van der Waals surface area contributed by atoms with Crippen LogP contribution < -0.4 is 5.32 Å². The fraction of sp³-hybridized carbons (Fsp3) is 0.267. The lowest BCUT2D eigenvalue weighted by molar-refractivity contribution is 0.899. The van der Waals surface area contributed by atoms with Gasteiger partial charge < -0.3 is 5.32 Å². The number of hydrogen-bond donors (Lipinski definition) is 1. The third-order valence-electron chi connectivity index (χ3n) is 3.29.